The average Bonchev–Trinajstić information content (AvgIpc) is 2.20. The second kappa shape index (κ2) is 5.55. The third-order valence-electron chi connectivity index (χ3n) is 2.61. The Bertz CT molecular complexity index is 164. The Hall–Kier alpha value is -0.150. The van der Waals surface area contributed by atoms with Gasteiger partial charge in [0.25, 0.3) is 0 Å². The summed E-state index contributed by atoms with van der Waals surface area (Å²) in [4.78, 5) is 0. The van der Waals surface area contributed by atoms with Gasteiger partial charge in [0.2, 0.25) is 0 Å². The Morgan fingerprint density at radius 3 is 2.85 bits per heavy atom. The van der Waals surface area contributed by atoms with E-state index in [0.717, 1.165) is 19.4 Å². The Labute approximate surface area is 85.6 Å². The molecule has 0 aromatic heterocycles. The van der Waals surface area contributed by atoms with E-state index in [2.05, 4.69) is 6.92 Å². The molecule has 1 heterocycles. The molecule has 13 heavy (non-hydrogen) atoms. The van der Waals surface area contributed by atoms with Gasteiger partial charge in [-0.05, 0) is 37.9 Å². The van der Waals surface area contributed by atoms with Crippen LogP contribution in [0, 0.1) is 5.92 Å². The van der Waals surface area contributed by atoms with Crippen molar-refractivity contribution in [2.24, 2.45) is 5.92 Å². The summed E-state index contributed by atoms with van der Waals surface area (Å²) >= 11 is 5.15. The summed E-state index contributed by atoms with van der Waals surface area (Å²) in [6.07, 6.45) is 4.88. The highest BCUT2D eigenvalue weighted by molar-refractivity contribution is 7.80. The molecular formula is C10H18O2S. The average molecular weight is 202 g/mol. The first-order valence-electron chi connectivity index (χ1n) is 4.99. The fourth-order valence-corrected chi connectivity index (χ4v) is 2.13. The molecule has 2 atom stereocenters. The maximum absolute atomic E-state index is 5.69. The third kappa shape index (κ3) is 2.92. The number of ether oxygens (including phenoxy) is 2. The summed E-state index contributed by atoms with van der Waals surface area (Å²) < 4.78 is 10.8. The van der Waals surface area contributed by atoms with Crippen molar-refractivity contribution in [3.8, 4) is 0 Å². The lowest BCUT2D eigenvalue weighted by atomic mass is 9.94. The Kier molecular flexibility index (Phi) is 4.67. The van der Waals surface area contributed by atoms with Crippen LogP contribution in [0.25, 0.3) is 0 Å². The zero-order valence-corrected chi connectivity index (χ0v) is 9.23. The molecule has 0 N–H and O–H groups in total. The van der Waals surface area contributed by atoms with Crippen molar-refractivity contribution in [2.75, 3.05) is 13.7 Å². The fraction of sp³-hybridized carbons (Fsp3) is 0.900. The highest BCUT2D eigenvalue weighted by Gasteiger charge is 2.26. The van der Waals surface area contributed by atoms with E-state index in [4.69, 9.17) is 21.7 Å². The van der Waals surface area contributed by atoms with E-state index < -0.39 is 0 Å². The molecule has 0 bridgehead atoms. The smallest absolute Gasteiger partial charge is 0.164 e. The topological polar surface area (TPSA) is 18.5 Å². The molecule has 1 rings (SSSR count). The molecule has 1 aliphatic rings. The van der Waals surface area contributed by atoms with Gasteiger partial charge in [-0.3, -0.25) is 0 Å². The quantitative estimate of drug-likeness (QED) is 0.655. The van der Waals surface area contributed by atoms with Crippen LogP contribution in [-0.2, 0) is 9.47 Å². The second-order valence-corrected chi connectivity index (χ2v) is 3.85. The minimum absolute atomic E-state index is 0.297. The van der Waals surface area contributed by atoms with Crippen LogP contribution in [0.5, 0.6) is 0 Å². The maximum atomic E-state index is 5.69. The van der Waals surface area contributed by atoms with E-state index in [9.17, 15) is 0 Å². The van der Waals surface area contributed by atoms with Gasteiger partial charge in [-0.2, -0.15) is 0 Å². The van der Waals surface area contributed by atoms with Crippen LogP contribution in [0.1, 0.15) is 32.6 Å². The molecule has 0 radical (unpaired) electrons. The molecule has 0 saturated carbocycles. The maximum Gasteiger partial charge on any atom is 0.164 e. The van der Waals surface area contributed by atoms with E-state index in [1.165, 1.54) is 12.8 Å². The van der Waals surface area contributed by atoms with Crippen molar-refractivity contribution >= 4 is 17.3 Å². The number of hydrogen-bond acceptors (Lipinski definition) is 3. The minimum atomic E-state index is 0.297. The number of hydrogen-bond donors (Lipinski definition) is 0. The van der Waals surface area contributed by atoms with Gasteiger partial charge in [0.05, 0.1) is 19.1 Å². The van der Waals surface area contributed by atoms with Crippen molar-refractivity contribution in [3.63, 3.8) is 0 Å². The van der Waals surface area contributed by atoms with E-state index >= 15 is 0 Å². The van der Waals surface area contributed by atoms with Gasteiger partial charge in [-0.25, -0.2) is 0 Å². The SMILES string of the molecule is CCC(C(=S)OC)C1CCCCO1. The zero-order valence-electron chi connectivity index (χ0n) is 8.41. The van der Waals surface area contributed by atoms with E-state index in [-0.39, 0.29) is 0 Å². The van der Waals surface area contributed by atoms with Crippen molar-refractivity contribution < 1.29 is 9.47 Å². The molecule has 76 valence electrons. The predicted octanol–water partition coefficient (Wildman–Crippen LogP) is 2.56. The number of methoxy groups -OCH3 is 1. The summed E-state index contributed by atoms with van der Waals surface area (Å²) in [6, 6.07) is 0. The Morgan fingerprint density at radius 1 is 1.62 bits per heavy atom. The summed E-state index contributed by atoms with van der Waals surface area (Å²) in [6.45, 7) is 3.02. The fourth-order valence-electron chi connectivity index (χ4n) is 1.82. The molecule has 1 aliphatic heterocycles. The molecule has 2 nitrogen and oxygen atoms in total. The largest absolute Gasteiger partial charge is 0.490 e. The lowest BCUT2D eigenvalue weighted by Crippen LogP contribution is -2.32. The molecule has 0 spiro atoms. The molecule has 1 fully saturated rings. The van der Waals surface area contributed by atoms with Gasteiger partial charge < -0.3 is 9.47 Å². The van der Waals surface area contributed by atoms with Crippen LogP contribution >= 0.6 is 12.2 Å². The van der Waals surface area contributed by atoms with Crippen LogP contribution in [0.15, 0.2) is 0 Å². The van der Waals surface area contributed by atoms with Crippen molar-refractivity contribution in [1.29, 1.82) is 0 Å². The normalized spacial score (nSPS) is 25.2. The van der Waals surface area contributed by atoms with Crippen LogP contribution in [0.2, 0.25) is 0 Å². The highest BCUT2D eigenvalue weighted by Crippen LogP contribution is 2.24. The van der Waals surface area contributed by atoms with E-state index in [0.29, 0.717) is 17.1 Å². The summed E-state index contributed by atoms with van der Waals surface area (Å²) in [7, 11) is 1.65. The van der Waals surface area contributed by atoms with Crippen LogP contribution < -0.4 is 0 Å². The summed E-state index contributed by atoms with van der Waals surface area (Å²) in [5.41, 5.74) is 0. The zero-order chi connectivity index (χ0) is 9.68. The number of thiocarbonyl (C=S) groups is 1. The molecule has 0 aromatic carbocycles. The third-order valence-corrected chi connectivity index (χ3v) is 3.08. The molecule has 1 saturated heterocycles. The van der Waals surface area contributed by atoms with Crippen molar-refractivity contribution in [3.05, 3.63) is 0 Å². The van der Waals surface area contributed by atoms with Crippen LogP contribution in [0.4, 0.5) is 0 Å². The molecule has 0 amide bonds. The summed E-state index contributed by atoms with van der Waals surface area (Å²) in [5.74, 6) is 0.306. The lowest BCUT2D eigenvalue weighted by molar-refractivity contribution is -0.00842. The molecule has 0 aliphatic carbocycles. The van der Waals surface area contributed by atoms with Gasteiger partial charge in [-0.1, -0.05) is 6.92 Å². The molecule has 0 aromatic rings. The van der Waals surface area contributed by atoms with Crippen molar-refractivity contribution in [2.45, 2.75) is 38.7 Å². The highest BCUT2D eigenvalue weighted by atomic mass is 32.1. The van der Waals surface area contributed by atoms with Gasteiger partial charge >= 0.3 is 0 Å². The number of rotatable bonds is 3. The lowest BCUT2D eigenvalue weighted by Gasteiger charge is -2.29. The van der Waals surface area contributed by atoms with E-state index in [1.54, 1.807) is 7.11 Å². The minimum Gasteiger partial charge on any atom is -0.490 e. The molecule has 2 unspecified atom stereocenters. The Morgan fingerprint density at radius 2 is 2.38 bits per heavy atom. The first-order chi connectivity index (χ1) is 6.29. The predicted molar refractivity (Wildman–Crippen MR) is 57.0 cm³/mol. The molecule has 3 heteroatoms. The van der Waals surface area contributed by atoms with Crippen molar-refractivity contribution in [1.82, 2.24) is 0 Å². The monoisotopic (exact) mass is 202 g/mol. The standard InChI is InChI=1S/C10H18O2S/c1-3-8(10(13)11-2)9-6-4-5-7-12-9/h8-9H,3-7H2,1-2H3. The van der Waals surface area contributed by atoms with E-state index in [1.807, 2.05) is 0 Å². The van der Waals surface area contributed by atoms with Crippen LogP contribution in [0.3, 0.4) is 0 Å². The van der Waals surface area contributed by atoms with Gasteiger partial charge in [-0.15, -0.1) is 0 Å². The van der Waals surface area contributed by atoms with Crippen LogP contribution in [-0.4, -0.2) is 24.9 Å². The molecular weight excluding hydrogens is 184 g/mol. The summed E-state index contributed by atoms with van der Waals surface area (Å²) in [5, 5.41) is 0.703. The second-order valence-electron chi connectivity index (χ2n) is 3.44. The Balaban J connectivity index is 2.48. The first-order valence-corrected chi connectivity index (χ1v) is 5.39. The first kappa shape index (κ1) is 10.9. The van der Waals surface area contributed by atoms with Gasteiger partial charge in [0.15, 0.2) is 5.05 Å². The van der Waals surface area contributed by atoms with Gasteiger partial charge in [0, 0.05) is 6.61 Å². The van der Waals surface area contributed by atoms with Gasteiger partial charge in [0.1, 0.15) is 0 Å².